The molecule has 0 saturated carbocycles. The highest BCUT2D eigenvalue weighted by molar-refractivity contribution is 9.10. The number of hydrogen-bond acceptors (Lipinski definition) is 1. The largest absolute Gasteiger partial charge is 0.373 e. The molecule has 2 rings (SSSR count). The monoisotopic (exact) mass is 343 g/mol. The lowest BCUT2D eigenvalue weighted by Crippen LogP contribution is -2.12. The van der Waals surface area contributed by atoms with Crippen LogP contribution in [0.3, 0.4) is 0 Å². The molecular weight excluding hydrogens is 331 g/mol. The fraction of sp³-hybridized carbons (Fsp3) is 0.200. The van der Waals surface area contributed by atoms with Gasteiger partial charge >= 0.3 is 0 Å². The standard InChI is InChI=1S/C15H13BrF3N/c1-2-14(9-4-3-5-11(17)6-9)20-15-12(18)7-10(16)8-13(15)19/h3-8,14,20H,2H2,1H3. The van der Waals surface area contributed by atoms with Gasteiger partial charge < -0.3 is 5.32 Å². The average Bonchev–Trinajstić information content (AvgIpc) is 2.38. The molecule has 1 unspecified atom stereocenters. The molecule has 1 atom stereocenters. The zero-order valence-electron chi connectivity index (χ0n) is 10.8. The maximum Gasteiger partial charge on any atom is 0.150 e. The van der Waals surface area contributed by atoms with E-state index in [1.165, 1.54) is 24.3 Å². The number of benzene rings is 2. The molecule has 1 N–H and O–H groups in total. The van der Waals surface area contributed by atoms with E-state index < -0.39 is 11.6 Å². The molecule has 0 heterocycles. The van der Waals surface area contributed by atoms with Crippen molar-refractivity contribution in [2.45, 2.75) is 19.4 Å². The zero-order chi connectivity index (χ0) is 14.7. The highest BCUT2D eigenvalue weighted by atomic mass is 79.9. The summed E-state index contributed by atoms with van der Waals surface area (Å²) in [6.45, 7) is 1.86. The quantitative estimate of drug-likeness (QED) is 0.780. The van der Waals surface area contributed by atoms with Crippen LogP contribution in [0.1, 0.15) is 24.9 Å². The van der Waals surface area contributed by atoms with E-state index in [0.29, 0.717) is 16.5 Å². The highest BCUT2D eigenvalue weighted by Crippen LogP contribution is 2.29. The first kappa shape index (κ1) is 14.9. The number of rotatable bonds is 4. The summed E-state index contributed by atoms with van der Waals surface area (Å²) in [6, 6.07) is 7.98. The summed E-state index contributed by atoms with van der Waals surface area (Å²) in [6.07, 6.45) is 0.568. The van der Waals surface area contributed by atoms with Gasteiger partial charge in [0.05, 0.1) is 6.04 Å². The normalized spacial score (nSPS) is 12.2. The van der Waals surface area contributed by atoms with Gasteiger partial charge in [0.2, 0.25) is 0 Å². The SMILES string of the molecule is CCC(Nc1c(F)cc(Br)cc1F)c1cccc(F)c1. The third kappa shape index (κ3) is 3.33. The molecule has 0 aliphatic carbocycles. The first-order chi connectivity index (χ1) is 9.51. The Morgan fingerprint density at radius 3 is 2.30 bits per heavy atom. The molecule has 5 heteroatoms. The third-order valence-corrected chi connectivity index (χ3v) is 3.44. The van der Waals surface area contributed by atoms with Gasteiger partial charge in [-0.2, -0.15) is 0 Å². The van der Waals surface area contributed by atoms with E-state index in [9.17, 15) is 13.2 Å². The van der Waals surface area contributed by atoms with Crippen LogP contribution in [0.15, 0.2) is 40.9 Å². The van der Waals surface area contributed by atoms with Crippen molar-refractivity contribution in [1.29, 1.82) is 0 Å². The molecule has 2 aromatic rings. The molecule has 106 valence electrons. The minimum atomic E-state index is -0.688. The second kappa shape index (κ2) is 6.31. The molecule has 0 aromatic heterocycles. The Hall–Kier alpha value is -1.49. The van der Waals surface area contributed by atoms with Gasteiger partial charge in [0.25, 0.3) is 0 Å². The average molecular weight is 344 g/mol. The van der Waals surface area contributed by atoms with Crippen molar-refractivity contribution in [3.05, 3.63) is 63.9 Å². The molecular formula is C15H13BrF3N. The van der Waals surface area contributed by atoms with Crippen molar-refractivity contribution in [3.63, 3.8) is 0 Å². The predicted molar refractivity (Wildman–Crippen MR) is 77.1 cm³/mol. The summed E-state index contributed by atoms with van der Waals surface area (Å²) < 4.78 is 41.2. The van der Waals surface area contributed by atoms with Crippen LogP contribution in [0.25, 0.3) is 0 Å². The van der Waals surface area contributed by atoms with E-state index in [-0.39, 0.29) is 17.5 Å². The smallest absolute Gasteiger partial charge is 0.150 e. The Morgan fingerprint density at radius 1 is 1.10 bits per heavy atom. The van der Waals surface area contributed by atoms with Crippen molar-refractivity contribution in [2.75, 3.05) is 5.32 Å². The number of nitrogens with one attached hydrogen (secondary N) is 1. The summed E-state index contributed by atoms with van der Waals surface area (Å²) in [5.41, 5.74) is 0.443. The van der Waals surface area contributed by atoms with Gasteiger partial charge in [-0.3, -0.25) is 0 Å². The van der Waals surface area contributed by atoms with E-state index in [4.69, 9.17) is 0 Å². The topological polar surface area (TPSA) is 12.0 Å². The van der Waals surface area contributed by atoms with E-state index in [2.05, 4.69) is 21.2 Å². The molecule has 0 spiro atoms. The molecule has 20 heavy (non-hydrogen) atoms. The molecule has 0 fully saturated rings. The molecule has 0 radical (unpaired) electrons. The summed E-state index contributed by atoms with van der Waals surface area (Å²) in [5.74, 6) is -1.75. The summed E-state index contributed by atoms with van der Waals surface area (Å²) in [4.78, 5) is 0. The summed E-state index contributed by atoms with van der Waals surface area (Å²) in [7, 11) is 0. The Bertz CT molecular complexity index is 593. The predicted octanol–water partition coefficient (Wildman–Crippen LogP) is 5.43. The van der Waals surface area contributed by atoms with Crippen LogP contribution in [-0.4, -0.2) is 0 Å². The van der Waals surface area contributed by atoms with Crippen LogP contribution >= 0.6 is 15.9 Å². The van der Waals surface area contributed by atoms with Crippen molar-refractivity contribution >= 4 is 21.6 Å². The minimum absolute atomic E-state index is 0.204. The molecule has 1 nitrogen and oxygen atoms in total. The second-order valence-electron chi connectivity index (χ2n) is 4.40. The van der Waals surface area contributed by atoms with Crippen LogP contribution in [0.4, 0.5) is 18.9 Å². The Balaban J connectivity index is 2.32. The van der Waals surface area contributed by atoms with Crippen LogP contribution in [0.2, 0.25) is 0 Å². The Kier molecular flexibility index (Phi) is 4.70. The second-order valence-corrected chi connectivity index (χ2v) is 5.32. The number of halogens is 4. The van der Waals surface area contributed by atoms with E-state index in [1.807, 2.05) is 6.92 Å². The van der Waals surface area contributed by atoms with Gasteiger partial charge in [-0.25, -0.2) is 13.2 Å². The first-order valence-corrected chi connectivity index (χ1v) is 6.97. The molecule has 0 aliphatic rings. The van der Waals surface area contributed by atoms with Crippen molar-refractivity contribution in [1.82, 2.24) is 0 Å². The lowest BCUT2D eigenvalue weighted by Gasteiger charge is -2.20. The maximum absolute atomic E-state index is 13.8. The first-order valence-electron chi connectivity index (χ1n) is 6.17. The minimum Gasteiger partial charge on any atom is -0.373 e. The third-order valence-electron chi connectivity index (χ3n) is 2.98. The van der Waals surface area contributed by atoms with Gasteiger partial charge in [0.15, 0.2) is 0 Å². The lowest BCUT2D eigenvalue weighted by molar-refractivity contribution is 0.578. The van der Waals surface area contributed by atoms with Gasteiger partial charge in [0.1, 0.15) is 23.1 Å². The van der Waals surface area contributed by atoms with Crippen LogP contribution in [0, 0.1) is 17.5 Å². The van der Waals surface area contributed by atoms with Gasteiger partial charge in [-0.05, 0) is 36.2 Å². The lowest BCUT2D eigenvalue weighted by atomic mass is 10.0. The van der Waals surface area contributed by atoms with Crippen LogP contribution in [0.5, 0.6) is 0 Å². The highest BCUT2D eigenvalue weighted by Gasteiger charge is 2.16. The zero-order valence-corrected chi connectivity index (χ0v) is 12.3. The van der Waals surface area contributed by atoms with Crippen LogP contribution < -0.4 is 5.32 Å². The number of anilines is 1. The Labute approximate surface area is 123 Å². The molecule has 0 saturated heterocycles. The van der Waals surface area contributed by atoms with Gasteiger partial charge in [0, 0.05) is 4.47 Å². The molecule has 0 aliphatic heterocycles. The van der Waals surface area contributed by atoms with E-state index in [0.717, 1.165) is 0 Å². The van der Waals surface area contributed by atoms with E-state index in [1.54, 1.807) is 12.1 Å². The summed E-state index contributed by atoms with van der Waals surface area (Å²) in [5, 5.41) is 2.80. The fourth-order valence-corrected chi connectivity index (χ4v) is 2.40. The van der Waals surface area contributed by atoms with E-state index >= 15 is 0 Å². The molecule has 0 amide bonds. The maximum atomic E-state index is 13.8. The molecule has 2 aromatic carbocycles. The Morgan fingerprint density at radius 2 is 1.75 bits per heavy atom. The van der Waals surface area contributed by atoms with Crippen molar-refractivity contribution in [3.8, 4) is 0 Å². The van der Waals surface area contributed by atoms with Gasteiger partial charge in [-0.15, -0.1) is 0 Å². The fourth-order valence-electron chi connectivity index (χ4n) is 2.00. The number of hydrogen-bond donors (Lipinski definition) is 1. The molecule has 0 bridgehead atoms. The van der Waals surface area contributed by atoms with Crippen molar-refractivity contribution < 1.29 is 13.2 Å². The van der Waals surface area contributed by atoms with Gasteiger partial charge in [-0.1, -0.05) is 35.0 Å². The van der Waals surface area contributed by atoms with Crippen molar-refractivity contribution in [2.24, 2.45) is 0 Å². The summed E-state index contributed by atoms with van der Waals surface area (Å²) >= 11 is 3.03. The van der Waals surface area contributed by atoms with Crippen LogP contribution in [-0.2, 0) is 0 Å².